The third-order valence-electron chi connectivity index (χ3n) is 1.98. The molecule has 1 aromatic carbocycles. The van der Waals surface area contributed by atoms with Crippen molar-refractivity contribution in [3.8, 4) is 0 Å². The lowest BCUT2D eigenvalue weighted by Gasteiger charge is -2.13. The van der Waals surface area contributed by atoms with Gasteiger partial charge in [0.15, 0.2) is 0 Å². The molecule has 0 fully saturated rings. The van der Waals surface area contributed by atoms with E-state index >= 15 is 0 Å². The first-order valence-electron chi connectivity index (χ1n) is 5.25. The topological polar surface area (TPSA) is 89.6 Å². The van der Waals surface area contributed by atoms with Crippen LogP contribution in [0.1, 0.15) is 18.4 Å². The molecule has 1 atom stereocenters. The number of thiol groups is 1. The fourth-order valence-corrected chi connectivity index (χ4v) is 1.20. The van der Waals surface area contributed by atoms with Crippen molar-refractivity contribution in [1.82, 2.24) is 0 Å². The van der Waals surface area contributed by atoms with E-state index in [9.17, 15) is 4.79 Å². The number of primary amides is 1. The molecule has 0 saturated heterocycles. The predicted molar refractivity (Wildman–Crippen MR) is 71.5 cm³/mol. The van der Waals surface area contributed by atoms with Crippen molar-refractivity contribution in [3.05, 3.63) is 35.9 Å². The van der Waals surface area contributed by atoms with E-state index in [0.717, 1.165) is 5.56 Å². The number of aliphatic hydroxyl groups is 1. The van der Waals surface area contributed by atoms with Gasteiger partial charge in [-0.05, 0) is 5.56 Å². The number of ether oxygens (including phenoxy) is 1. The molecule has 0 aliphatic carbocycles. The van der Waals surface area contributed by atoms with E-state index in [1.807, 2.05) is 30.3 Å². The SMILES string of the molecule is CC(=O)OCC(CO)c1ccccc1.NC(=O)S. The maximum Gasteiger partial charge on any atom is 0.302 e. The second-order valence-corrected chi connectivity index (χ2v) is 3.87. The van der Waals surface area contributed by atoms with Crippen molar-refractivity contribution in [2.24, 2.45) is 5.73 Å². The number of aliphatic hydroxyl groups excluding tert-OH is 1. The zero-order chi connectivity index (χ0) is 14.0. The minimum Gasteiger partial charge on any atom is -0.465 e. The third kappa shape index (κ3) is 8.60. The Morgan fingerprint density at radius 2 is 1.89 bits per heavy atom. The van der Waals surface area contributed by atoms with Gasteiger partial charge in [0.2, 0.25) is 0 Å². The van der Waals surface area contributed by atoms with Gasteiger partial charge in [-0.1, -0.05) is 43.0 Å². The van der Waals surface area contributed by atoms with Crippen LogP contribution in [0, 0.1) is 0 Å². The molecule has 0 aromatic heterocycles. The number of amides is 1. The standard InChI is InChI=1S/C11H14O3.CH3NOS/c1-9(13)14-8-11(7-12)10-5-3-2-4-6-10;2-1(3)4/h2-6,11-12H,7-8H2,1H3;(H3,2,3,4). The number of hydrogen-bond acceptors (Lipinski definition) is 4. The highest BCUT2D eigenvalue weighted by Crippen LogP contribution is 2.14. The molecule has 0 radical (unpaired) electrons. The summed E-state index contributed by atoms with van der Waals surface area (Å²) in [6.45, 7) is 1.58. The molecule has 0 aliphatic rings. The van der Waals surface area contributed by atoms with Crippen LogP contribution in [0.3, 0.4) is 0 Å². The van der Waals surface area contributed by atoms with Gasteiger partial charge in [-0.25, -0.2) is 0 Å². The Hall–Kier alpha value is -1.53. The quantitative estimate of drug-likeness (QED) is 0.569. The smallest absolute Gasteiger partial charge is 0.302 e. The van der Waals surface area contributed by atoms with Gasteiger partial charge in [0.05, 0.1) is 6.61 Å². The second kappa shape index (κ2) is 9.49. The van der Waals surface area contributed by atoms with E-state index in [2.05, 4.69) is 18.4 Å². The van der Waals surface area contributed by atoms with Crippen LogP contribution in [0.2, 0.25) is 0 Å². The summed E-state index contributed by atoms with van der Waals surface area (Å²) in [6.07, 6.45) is 0. The summed E-state index contributed by atoms with van der Waals surface area (Å²) in [5, 5.41) is 8.46. The van der Waals surface area contributed by atoms with Gasteiger partial charge in [-0.3, -0.25) is 9.59 Å². The first-order chi connectivity index (χ1) is 8.47. The number of esters is 1. The summed E-state index contributed by atoms with van der Waals surface area (Å²) in [4.78, 5) is 19.7. The van der Waals surface area contributed by atoms with Gasteiger partial charge in [0.1, 0.15) is 6.61 Å². The Morgan fingerprint density at radius 3 is 2.28 bits per heavy atom. The lowest BCUT2D eigenvalue weighted by Crippen LogP contribution is -2.14. The first-order valence-corrected chi connectivity index (χ1v) is 5.69. The largest absolute Gasteiger partial charge is 0.465 e. The number of carbonyl (C=O) groups excluding carboxylic acids is 2. The molecule has 1 aromatic rings. The van der Waals surface area contributed by atoms with Crippen molar-refractivity contribution in [2.75, 3.05) is 13.2 Å². The van der Waals surface area contributed by atoms with Gasteiger partial charge in [-0.15, -0.1) is 0 Å². The molecule has 1 amide bonds. The van der Waals surface area contributed by atoms with Crippen LogP contribution >= 0.6 is 12.6 Å². The number of carbonyl (C=O) groups is 2. The Morgan fingerprint density at radius 1 is 1.39 bits per heavy atom. The minimum absolute atomic E-state index is 0.0166. The lowest BCUT2D eigenvalue weighted by molar-refractivity contribution is -0.141. The highest BCUT2D eigenvalue weighted by molar-refractivity contribution is 7.96. The van der Waals surface area contributed by atoms with Gasteiger partial charge in [0.25, 0.3) is 5.24 Å². The van der Waals surface area contributed by atoms with Crippen molar-refractivity contribution in [3.63, 3.8) is 0 Å². The molecule has 5 nitrogen and oxygen atoms in total. The summed E-state index contributed by atoms with van der Waals surface area (Å²) in [7, 11) is 0. The second-order valence-electron chi connectivity index (χ2n) is 3.43. The van der Waals surface area contributed by atoms with Crippen LogP contribution in [0.15, 0.2) is 30.3 Å². The van der Waals surface area contributed by atoms with Gasteiger partial charge in [0, 0.05) is 12.8 Å². The van der Waals surface area contributed by atoms with E-state index < -0.39 is 5.24 Å². The Balaban J connectivity index is 0.000000631. The Bertz CT molecular complexity index is 366. The molecule has 0 saturated carbocycles. The summed E-state index contributed by atoms with van der Waals surface area (Å²) < 4.78 is 4.85. The molecule has 6 heteroatoms. The van der Waals surface area contributed by atoms with Crippen LogP contribution in [0.5, 0.6) is 0 Å². The lowest BCUT2D eigenvalue weighted by atomic mass is 10.0. The van der Waals surface area contributed by atoms with Crippen molar-refractivity contribution in [2.45, 2.75) is 12.8 Å². The van der Waals surface area contributed by atoms with Gasteiger partial charge >= 0.3 is 5.97 Å². The molecule has 0 bridgehead atoms. The Labute approximate surface area is 111 Å². The number of hydrogen-bond donors (Lipinski definition) is 3. The Kier molecular flexibility index (Phi) is 8.69. The zero-order valence-corrected chi connectivity index (χ0v) is 11.0. The molecule has 3 N–H and O–H groups in total. The van der Waals surface area contributed by atoms with Gasteiger partial charge in [-0.2, -0.15) is 0 Å². The summed E-state index contributed by atoms with van der Waals surface area (Å²) >= 11 is 3.10. The molecule has 0 heterocycles. The number of nitrogens with two attached hydrogens (primary N) is 1. The molecule has 0 aliphatic heterocycles. The predicted octanol–water partition coefficient (Wildman–Crippen LogP) is 1.32. The molecular formula is C12H17NO4S. The van der Waals surface area contributed by atoms with Crippen LogP contribution in [-0.2, 0) is 9.53 Å². The molecular weight excluding hydrogens is 254 g/mol. The van der Waals surface area contributed by atoms with Gasteiger partial charge < -0.3 is 15.6 Å². The monoisotopic (exact) mass is 271 g/mol. The minimum atomic E-state index is -0.639. The summed E-state index contributed by atoms with van der Waals surface area (Å²) in [5.41, 5.74) is 5.32. The van der Waals surface area contributed by atoms with Crippen LogP contribution in [0.4, 0.5) is 4.79 Å². The number of rotatable bonds is 4. The average Bonchev–Trinajstić information content (AvgIpc) is 2.30. The van der Waals surface area contributed by atoms with Crippen molar-refractivity contribution < 1.29 is 19.4 Å². The fourth-order valence-electron chi connectivity index (χ4n) is 1.20. The highest BCUT2D eigenvalue weighted by atomic mass is 32.1. The summed E-state index contributed by atoms with van der Waals surface area (Å²) in [5.74, 6) is -0.445. The first kappa shape index (κ1) is 16.5. The molecule has 0 spiro atoms. The van der Waals surface area contributed by atoms with Crippen LogP contribution in [0.25, 0.3) is 0 Å². The van der Waals surface area contributed by atoms with Crippen LogP contribution < -0.4 is 5.73 Å². The zero-order valence-electron chi connectivity index (χ0n) is 10.1. The summed E-state index contributed by atoms with van der Waals surface area (Å²) in [6, 6.07) is 9.51. The van der Waals surface area contributed by atoms with E-state index in [1.54, 1.807) is 0 Å². The van der Waals surface area contributed by atoms with E-state index in [4.69, 9.17) is 14.6 Å². The van der Waals surface area contributed by atoms with E-state index in [0.29, 0.717) is 0 Å². The molecule has 1 rings (SSSR count). The number of benzene rings is 1. The third-order valence-corrected chi connectivity index (χ3v) is 1.98. The normalized spacial score (nSPS) is 10.8. The molecule has 1 unspecified atom stereocenters. The average molecular weight is 271 g/mol. The molecule has 18 heavy (non-hydrogen) atoms. The van der Waals surface area contributed by atoms with Crippen LogP contribution in [-0.4, -0.2) is 29.5 Å². The van der Waals surface area contributed by atoms with E-state index in [1.165, 1.54) is 6.92 Å². The maximum absolute atomic E-state index is 10.6. The van der Waals surface area contributed by atoms with E-state index in [-0.39, 0.29) is 25.1 Å². The van der Waals surface area contributed by atoms with Crippen molar-refractivity contribution in [1.29, 1.82) is 0 Å². The maximum atomic E-state index is 10.6. The molecule has 100 valence electrons. The highest BCUT2D eigenvalue weighted by Gasteiger charge is 2.11. The van der Waals surface area contributed by atoms with Crippen molar-refractivity contribution >= 4 is 23.8 Å². The fraction of sp³-hybridized carbons (Fsp3) is 0.333.